The fraction of sp³-hybridized carbons (Fsp3) is 1.00. The Morgan fingerprint density at radius 1 is 1.31 bits per heavy atom. The summed E-state index contributed by atoms with van der Waals surface area (Å²) in [6.45, 7) is -0.574. The average molecular weight is 195 g/mol. The van der Waals surface area contributed by atoms with Gasteiger partial charge in [0.15, 0.2) is 6.27 Å². The average Bonchev–Trinajstić information content (AvgIpc) is 2.20. The van der Waals surface area contributed by atoms with Crippen molar-refractivity contribution in [3.05, 3.63) is 0 Å². The van der Waals surface area contributed by atoms with Gasteiger partial charge < -0.3 is 29.9 Å². The minimum atomic E-state index is -2.16. The molecule has 5 atom stereocenters. The molecule has 1 rings (SSSR count). The first kappa shape index (κ1) is 9.32. The standard InChI is InChI=1S/C7H14O6/c1-12-7-6(11)5(10)4(9)3(2-8)13-7/h3-11H,2H2,1H3/t3-,4-,5+,6-,7+/m1/s1/i7D. The number of aliphatic hydroxyl groups excluding tert-OH is 4. The van der Waals surface area contributed by atoms with E-state index < -0.39 is 37.3 Å². The molecule has 1 aliphatic rings. The summed E-state index contributed by atoms with van der Waals surface area (Å²) in [5.74, 6) is 0. The molecule has 1 aliphatic heterocycles. The molecular formula is C7H14O6. The van der Waals surface area contributed by atoms with Gasteiger partial charge in [0.25, 0.3) is 0 Å². The van der Waals surface area contributed by atoms with Crippen molar-refractivity contribution >= 4 is 0 Å². The molecule has 0 saturated carbocycles. The maximum Gasteiger partial charge on any atom is 0.186 e. The maximum atomic E-state index is 9.35. The van der Waals surface area contributed by atoms with Gasteiger partial charge in [-0.1, -0.05) is 0 Å². The predicted octanol–water partition coefficient (Wildman–Crippen LogP) is -2.57. The van der Waals surface area contributed by atoms with Crippen molar-refractivity contribution in [2.45, 2.75) is 30.7 Å². The van der Waals surface area contributed by atoms with E-state index in [0.29, 0.717) is 0 Å². The van der Waals surface area contributed by atoms with Crippen molar-refractivity contribution in [1.82, 2.24) is 0 Å². The van der Waals surface area contributed by atoms with Crippen LogP contribution in [0.4, 0.5) is 0 Å². The van der Waals surface area contributed by atoms with Crippen LogP contribution in [0.3, 0.4) is 0 Å². The van der Waals surface area contributed by atoms with Gasteiger partial charge in [-0.2, -0.15) is 0 Å². The second-order valence-corrected chi connectivity index (χ2v) is 2.79. The van der Waals surface area contributed by atoms with Crippen LogP contribution in [0.5, 0.6) is 0 Å². The number of aliphatic hydroxyl groups is 4. The number of methoxy groups -OCH3 is 1. The van der Waals surface area contributed by atoms with Crippen molar-refractivity contribution in [2.24, 2.45) is 0 Å². The largest absolute Gasteiger partial charge is 0.394 e. The van der Waals surface area contributed by atoms with Crippen molar-refractivity contribution in [3.63, 3.8) is 0 Å². The zero-order valence-electron chi connectivity index (χ0n) is 8.12. The van der Waals surface area contributed by atoms with Crippen LogP contribution in [0.1, 0.15) is 1.37 Å². The minimum Gasteiger partial charge on any atom is -0.394 e. The molecule has 4 N–H and O–H groups in total. The monoisotopic (exact) mass is 195 g/mol. The minimum absolute atomic E-state index is 0.574. The quantitative estimate of drug-likeness (QED) is 0.386. The summed E-state index contributed by atoms with van der Waals surface area (Å²) in [5.41, 5.74) is 0. The number of hydrogen-bond donors (Lipinski definition) is 4. The van der Waals surface area contributed by atoms with Gasteiger partial charge in [0.1, 0.15) is 24.4 Å². The van der Waals surface area contributed by atoms with Gasteiger partial charge in [0.05, 0.1) is 7.98 Å². The Labute approximate surface area is 76.7 Å². The molecule has 6 heteroatoms. The summed E-state index contributed by atoms with van der Waals surface area (Å²) < 4.78 is 16.8. The molecule has 0 aromatic rings. The van der Waals surface area contributed by atoms with Crippen LogP contribution >= 0.6 is 0 Å². The molecular weight excluding hydrogens is 180 g/mol. The summed E-state index contributed by atoms with van der Waals surface area (Å²) in [4.78, 5) is 0. The topological polar surface area (TPSA) is 99.4 Å². The van der Waals surface area contributed by atoms with E-state index in [9.17, 15) is 15.3 Å². The van der Waals surface area contributed by atoms with E-state index in [0.717, 1.165) is 7.11 Å². The molecule has 0 amide bonds. The van der Waals surface area contributed by atoms with Crippen LogP contribution in [0, 0.1) is 0 Å². The molecule has 0 aliphatic carbocycles. The van der Waals surface area contributed by atoms with Gasteiger partial charge in [-0.3, -0.25) is 0 Å². The third-order valence-electron chi connectivity index (χ3n) is 1.94. The van der Waals surface area contributed by atoms with Crippen LogP contribution < -0.4 is 0 Å². The van der Waals surface area contributed by atoms with E-state index in [-0.39, 0.29) is 0 Å². The second-order valence-electron chi connectivity index (χ2n) is 2.79. The lowest BCUT2D eigenvalue weighted by atomic mass is 9.99. The highest BCUT2D eigenvalue weighted by Crippen LogP contribution is 2.20. The third-order valence-corrected chi connectivity index (χ3v) is 1.94. The molecule has 0 aromatic carbocycles. The fourth-order valence-corrected chi connectivity index (χ4v) is 1.15. The van der Waals surface area contributed by atoms with E-state index >= 15 is 0 Å². The Kier molecular flexibility index (Phi) is 3.09. The summed E-state index contributed by atoms with van der Waals surface area (Å²) in [7, 11) is 1.12. The molecule has 1 fully saturated rings. The highest BCUT2D eigenvalue weighted by atomic mass is 16.7. The summed E-state index contributed by atoms with van der Waals surface area (Å²) in [6, 6.07) is 0. The fourth-order valence-electron chi connectivity index (χ4n) is 1.15. The van der Waals surface area contributed by atoms with Gasteiger partial charge in [0, 0.05) is 7.11 Å². The van der Waals surface area contributed by atoms with Crippen LogP contribution in [0.15, 0.2) is 0 Å². The van der Waals surface area contributed by atoms with Gasteiger partial charge >= 0.3 is 0 Å². The molecule has 1 heterocycles. The summed E-state index contributed by atoms with van der Waals surface area (Å²) in [6.07, 6.45) is -8.02. The lowest BCUT2D eigenvalue weighted by molar-refractivity contribution is -0.294. The highest BCUT2D eigenvalue weighted by molar-refractivity contribution is 4.88. The Hall–Kier alpha value is -0.240. The molecule has 6 nitrogen and oxygen atoms in total. The number of hydrogen-bond acceptors (Lipinski definition) is 6. The van der Waals surface area contributed by atoms with Gasteiger partial charge in [-0.25, -0.2) is 0 Å². The molecule has 0 radical (unpaired) electrons. The van der Waals surface area contributed by atoms with Crippen LogP contribution in [0.25, 0.3) is 0 Å². The molecule has 13 heavy (non-hydrogen) atoms. The van der Waals surface area contributed by atoms with Crippen molar-refractivity contribution < 1.29 is 31.3 Å². The second kappa shape index (κ2) is 4.32. The zero-order chi connectivity index (χ0) is 10.9. The van der Waals surface area contributed by atoms with Crippen LogP contribution in [0.2, 0.25) is 0 Å². The lowest BCUT2D eigenvalue weighted by Crippen LogP contribution is -2.58. The summed E-state index contributed by atoms with van der Waals surface area (Å²) >= 11 is 0. The summed E-state index contributed by atoms with van der Waals surface area (Å²) in [5, 5.41) is 36.8. The van der Waals surface area contributed by atoms with Crippen LogP contribution in [-0.2, 0) is 9.47 Å². The molecule has 1 saturated heterocycles. The smallest absolute Gasteiger partial charge is 0.186 e. The lowest BCUT2D eigenvalue weighted by Gasteiger charge is -2.38. The molecule has 0 unspecified atom stereocenters. The molecule has 0 aromatic heterocycles. The maximum absolute atomic E-state index is 9.35. The molecule has 78 valence electrons. The Morgan fingerprint density at radius 2 is 1.92 bits per heavy atom. The van der Waals surface area contributed by atoms with Gasteiger partial charge in [-0.05, 0) is 0 Å². The predicted molar refractivity (Wildman–Crippen MR) is 40.8 cm³/mol. The van der Waals surface area contributed by atoms with Crippen molar-refractivity contribution in [2.75, 3.05) is 13.7 Å². The number of ether oxygens (including phenoxy) is 2. The SMILES string of the molecule is [2H][C@]1(OC)O[C@H](CO)[C@@H](O)[C@H](O)[C@H]1O. The first-order valence-electron chi connectivity index (χ1n) is 4.34. The normalized spacial score (nSPS) is 53.2. The molecule has 0 bridgehead atoms. The van der Waals surface area contributed by atoms with E-state index in [2.05, 4.69) is 4.74 Å². The first-order chi connectivity index (χ1) is 6.46. The van der Waals surface area contributed by atoms with Crippen molar-refractivity contribution in [3.8, 4) is 0 Å². The Bertz CT molecular complexity index is 201. The zero-order valence-corrected chi connectivity index (χ0v) is 7.12. The Morgan fingerprint density at radius 3 is 2.38 bits per heavy atom. The molecule has 0 spiro atoms. The first-order valence-corrected chi connectivity index (χ1v) is 3.84. The van der Waals surface area contributed by atoms with E-state index in [4.69, 9.17) is 11.2 Å². The third kappa shape index (κ3) is 1.98. The van der Waals surface area contributed by atoms with Crippen molar-refractivity contribution in [1.29, 1.82) is 0 Å². The Balaban J connectivity index is 2.84. The van der Waals surface area contributed by atoms with E-state index in [1.807, 2.05) is 0 Å². The van der Waals surface area contributed by atoms with E-state index in [1.54, 1.807) is 0 Å². The van der Waals surface area contributed by atoms with Gasteiger partial charge in [0.2, 0.25) is 0 Å². The van der Waals surface area contributed by atoms with E-state index in [1.165, 1.54) is 0 Å². The van der Waals surface area contributed by atoms with Gasteiger partial charge in [-0.15, -0.1) is 0 Å². The van der Waals surface area contributed by atoms with Crippen LogP contribution in [-0.4, -0.2) is 64.8 Å². The highest BCUT2D eigenvalue weighted by Gasteiger charge is 2.43. The number of rotatable bonds is 2.